The summed E-state index contributed by atoms with van der Waals surface area (Å²) in [6, 6.07) is -0.446. The number of nitrogens with one attached hydrogen (secondary N) is 2. The second kappa shape index (κ2) is 4.69. The van der Waals surface area contributed by atoms with Gasteiger partial charge >= 0.3 is 12.0 Å². The van der Waals surface area contributed by atoms with Gasteiger partial charge in [0.2, 0.25) is 0 Å². The van der Waals surface area contributed by atoms with E-state index in [0.29, 0.717) is 6.42 Å². The molecule has 0 aromatic carbocycles. The van der Waals surface area contributed by atoms with Crippen LogP contribution in [-0.2, 0) is 4.79 Å². The third-order valence-electron chi connectivity index (χ3n) is 3.15. The Morgan fingerprint density at radius 3 is 2.50 bits per heavy atom. The molecule has 6 nitrogen and oxygen atoms in total. The standard InChI is InChI=1S/C10H18N2O4/c1-10(2)6(5-7(10)13)12-9(16)11-4-3-8(14)15/h6-7,13H,3-5H2,1-2H3,(H,14,15)(H2,11,12,16). The van der Waals surface area contributed by atoms with E-state index in [1.54, 1.807) is 0 Å². The van der Waals surface area contributed by atoms with E-state index in [4.69, 9.17) is 5.11 Å². The van der Waals surface area contributed by atoms with Crippen molar-refractivity contribution in [2.75, 3.05) is 6.54 Å². The zero-order valence-electron chi connectivity index (χ0n) is 9.49. The van der Waals surface area contributed by atoms with Gasteiger partial charge in [-0.1, -0.05) is 13.8 Å². The number of hydrogen-bond acceptors (Lipinski definition) is 3. The number of amides is 2. The lowest BCUT2D eigenvalue weighted by molar-refractivity contribution is -0.136. The molecule has 0 heterocycles. The van der Waals surface area contributed by atoms with Crippen LogP contribution in [0.3, 0.4) is 0 Å². The number of aliphatic hydroxyl groups is 1. The molecule has 2 atom stereocenters. The fourth-order valence-electron chi connectivity index (χ4n) is 1.64. The van der Waals surface area contributed by atoms with Gasteiger partial charge in [0.15, 0.2) is 0 Å². The first kappa shape index (κ1) is 12.8. The Morgan fingerprint density at radius 2 is 2.06 bits per heavy atom. The summed E-state index contributed by atoms with van der Waals surface area (Å²) in [5.41, 5.74) is -0.315. The fourth-order valence-corrected chi connectivity index (χ4v) is 1.64. The molecule has 1 fully saturated rings. The normalized spacial score (nSPS) is 26.7. The molecule has 16 heavy (non-hydrogen) atoms. The van der Waals surface area contributed by atoms with Gasteiger partial charge in [0.25, 0.3) is 0 Å². The van der Waals surface area contributed by atoms with Crippen molar-refractivity contribution in [1.29, 1.82) is 0 Å². The van der Waals surface area contributed by atoms with E-state index in [2.05, 4.69) is 10.6 Å². The Morgan fingerprint density at radius 1 is 1.44 bits per heavy atom. The Kier molecular flexibility index (Phi) is 3.74. The minimum atomic E-state index is -0.945. The summed E-state index contributed by atoms with van der Waals surface area (Å²) in [4.78, 5) is 21.5. The van der Waals surface area contributed by atoms with Crippen molar-refractivity contribution in [3.8, 4) is 0 Å². The van der Waals surface area contributed by atoms with Crippen LogP contribution >= 0.6 is 0 Å². The largest absolute Gasteiger partial charge is 0.481 e. The fraction of sp³-hybridized carbons (Fsp3) is 0.800. The first-order valence-electron chi connectivity index (χ1n) is 5.28. The molecule has 0 spiro atoms. The molecule has 1 aliphatic carbocycles. The van der Waals surface area contributed by atoms with Crippen LogP contribution in [0.4, 0.5) is 4.79 Å². The summed E-state index contributed by atoms with van der Waals surface area (Å²) >= 11 is 0. The summed E-state index contributed by atoms with van der Waals surface area (Å²) < 4.78 is 0. The Bertz CT molecular complexity index is 291. The SMILES string of the molecule is CC1(C)C(O)CC1NC(=O)NCCC(=O)O. The van der Waals surface area contributed by atoms with Crippen molar-refractivity contribution in [2.45, 2.75) is 38.8 Å². The highest BCUT2D eigenvalue weighted by molar-refractivity contribution is 5.75. The number of carbonyl (C=O) groups is 2. The monoisotopic (exact) mass is 230 g/mol. The van der Waals surface area contributed by atoms with Crippen LogP contribution in [0.5, 0.6) is 0 Å². The number of carboxylic acid groups (broad SMARTS) is 1. The highest BCUT2D eigenvalue weighted by Gasteiger charge is 2.47. The van der Waals surface area contributed by atoms with Crippen molar-refractivity contribution < 1.29 is 19.8 Å². The lowest BCUT2D eigenvalue weighted by Crippen LogP contribution is -2.62. The maximum atomic E-state index is 11.3. The van der Waals surface area contributed by atoms with Crippen LogP contribution < -0.4 is 10.6 Å². The zero-order chi connectivity index (χ0) is 12.3. The van der Waals surface area contributed by atoms with Gasteiger partial charge in [-0.3, -0.25) is 4.79 Å². The lowest BCUT2D eigenvalue weighted by atomic mass is 9.65. The highest BCUT2D eigenvalue weighted by Crippen LogP contribution is 2.40. The molecule has 0 aromatic rings. The molecule has 4 N–H and O–H groups in total. The maximum absolute atomic E-state index is 11.3. The molecule has 0 aromatic heterocycles. The molecule has 1 rings (SSSR count). The number of rotatable bonds is 4. The molecule has 0 radical (unpaired) electrons. The molecule has 92 valence electrons. The van der Waals surface area contributed by atoms with Gasteiger partial charge in [-0.25, -0.2) is 4.79 Å². The predicted molar refractivity (Wildman–Crippen MR) is 57.0 cm³/mol. The second-order valence-electron chi connectivity index (χ2n) is 4.67. The number of carbonyl (C=O) groups excluding carboxylic acids is 1. The third kappa shape index (κ3) is 2.85. The molecule has 0 saturated heterocycles. The smallest absolute Gasteiger partial charge is 0.315 e. The molecule has 0 aliphatic heterocycles. The molecule has 1 saturated carbocycles. The summed E-state index contributed by atoms with van der Waals surface area (Å²) in [5.74, 6) is -0.945. The molecule has 2 amide bonds. The molecular weight excluding hydrogens is 212 g/mol. The van der Waals surface area contributed by atoms with E-state index < -0.39 is 12.1 Å². The summed E-state index contributed by atoms with van der Waals surface area (Å²) in [6.45, 7) is 3.86. The van der Waals surface area contributed by atoms with Gasteiger partial charge in [0.05, 0.1) is 12.5 Å². The average molecular weight is 230 g/mol. The van der Waals surface area contributed by atoms with Gasteiger partial charge < -0.3 is 20.8 Å². The van der Waals surface area contributed by atoms with E-state index in [0.717, 1.165) is 0 Å². The molecule has 6 heteroatoms. The van der Waals surface area contributed by atoms with Crippen LogP contribution in [-0.4, -0.2) is 40.9 Å². The molecule has 0 bridgehead atoms. The minimum absolute atomic E-state index is 0.0627. The van der Waals surface area contributed by atoms with Gasteiger partial charge in [-0.05, 0) is 6.42 Å². The molecule has 2 unspecified atom stereocenters. The maximum Gasteiger partial charge on any atom is 0.315 e. The van der Waals surface area contributed by atoms with Crippen molar-refractivity contribution in [3.63, 3.8) is 0 Å². The van der Waals surface area contributed by atoms with E-state index in [1.165, 1.54) is 0 Å². The molecular formula is C10H18N2O4. The summed E-state index contributed by atoms with van der Waals surface area (Å²) in [6.07, 6.45) is 0.0560. The molecule has 1 aliphatic rings. The van der Waals surface area contributed by atoms with Gasteiger partial charge in [-0.15, -0.1) is 0 Å². The highest BCUT2D eigenvalue weighted by atomic mass is 16.4. The average Bonchev–Trinajstić information content (AvgIpc) is 2.16. The first-order valence-corrected chi connectivity index (χ1v) is 5.28. The lowest BCUT2D eigenvalue weighted by Gasteiger charge is -2.49. The van der Waals surface area contributed by atoms with Crippen LogP contribution in [0.25, 0.3) is 0 Å². The van der Waals surface area contributed by atoms with Crippen molar-refractivity contribution in [3.05, 3.63) is 0 Å². The van der Waals surface area contributed by atoms with E-state index in [1.807, 2.05) is 13.8 Å². The Hall–Kier alpha value is -1.30. The predicted octanol–water partition coefficient (Wildman–Crippen LogP) is -0.0803. The number of urea groups is 1. The van der Waals surface area contributed by atoms with Crippen molar-refractivity contribution >= 4 is 12.0 Å². The zero-order valence-corrected chi connectivity index (χ0v) is 9.49. The number of carboxylic acids is 1. The van der Waals surface area contributed by atoms with E-state index >= 15 is 0 Å². The number of hydrogen-bond donors (Lipinski definition) is 4. The summed E-state index contributed by atoms with van der Waals surface area (Å²) in [7, 11) is 0. The minimum Gasteiger partial charge on any atom is -0.481 e. The number of aliphatic hydroxyl groups excluding tert-OH is 1. The van der Waals surface area contributed by atoms with E-state index in [9.17, 15) is 14.7 Å². The van der Waals surface area contributed by atoms with Crippen molar-refractivity contribution in [1.82, 2.24) is 10.6 Å². The van der Waals surface area contributed by atoms with Gasteiger partial charge in [-0.2, -0.15) is 0 Å². The van der Waals surface area contributed by atoms with Crippen molar-refractivity contribution in [2.24, 2.45) is 5.41 Å². The van der Waals surface area contributed by atoms with Gasteiger partial charge in [0, 0.05) is 18.0 Å². The van der Waals surface area contributed by atoms with Crippen LogP contribution in [0, 0.1) is 5.41 Å². The second-order valence-corrected chi connectivity index (χ2v) is 4.67. The third-order valence-corrected chi connectivity index (χ3v) is 3.15. The Balaban J connectivity index is 2.23. The van der Waals surface area contributed by atoms with Crippen LogP contribution in [0.1, 0.15) is 26.7 Å². The van der Waals surface area contributed by atoms with Crippen LogP contribution in [0.2, 0.25) is 0 Å². The van der Waals surface area contributed by atoms with E-state index in [-0.39, 0.29) is 30.5 Å². The summed E-state index contributed by atoms with van der Waals surface area (Å²) in [5, 5.41) is 23.0. The number of aliphatic carboxylic acids is 1. The quantitative estimate of drug-likeness (QED) is 0.543. The van der Waals surface area contributed by atoms with Crippen LogP contribution in [0.15, 0.2) is 0 Å². The Labute approximate surface area is 94.0 Å². The topological polar surface area (TPSA) is 98.7 Å². The van der Waals surface area contributed by atoms with Gasteiger partial charge in [0.1, 0.15) is 0 Å². The first-order chi connectivity index (χ1) is 7.34.